The Balaban J connectivity index is 1.70. The van der Waals surface area contributed by atoms with E-state index in [1.54, 1.807) is 36.4 Å². The van der Waals surface area contributed by atoms with Crippen LogP contribution in [0.5, 0.6) is 11.5 Å². The minimum Gasteiger partial charge on any atom is -0.460 e. The van der Waals surface area contributed by atoms with Gasteiger partial charge in [-0.1, -0.05) is 61.8 Å². The molecule has 0 aliphatic carbocycles. The highest BCUT2D eigenvalue weighted by Crippen LogP contribution is 2.29. The number of hydrogen-bond acceptors (Lipinski definition) is 3. The van der Waals surface area contributed by atoms with Crippen LogP contribution in [0.25, 0.3) is 0 Å². The van der Waals surface area contributed by atoms with E-state index in [1.807, 2.05) is 44.2 Å². The zero-order valence-electron chi connectivity index (χ0n) is 16.3. The third-order valence-corrected chi connectivity index (χ3v) is 4.75. The smallest absolute Gasteiger partial charge is 0.314 e. The molecule has 1 unspecified atom stereocenters. The summed E-state index contributed by atoms with van der Waals surface area (Å²) in [6.45, 7) is 3.95. The lowest BCUT2D eigenvalue weighted by Gasteiger charge is -2.20. The highest BCUT2D eigenvalue weighted by molar-refractivity contribution is 6.30. The third kappa shape index (κ3) is 5.58. The summed E-state index contributed by atoms with van der Waals surface area (Å²) in [5.74, 6) is -0.560. The molecule has 0 aromatic heterocycles. The van der Waals surface area contributed by atoms with Crippen LogP contribution in [0.2, 0.25) is 5.02 Å². The van der Waals surface area contributed by atoms with Crippen molar-refractivity contribution in [3.05, 3.63) is 94.8 Å². The van der Waals surface area contributed by atoms with Crippen LogP contribution in [0.15, 0.2) is 72.8 Å². The Kier molecular flexibility index (Phi) is 6.89. The number of esters is 1. The van der Waals surface area contributed by atoms with Gasteiger partial charge >= 0.3 is 5.97 Å². The molecule has 0 spiro atoms. The van der Waals surface area contributed by atoms with Gasteiger partial charge in [0.1, 0.15) is 12.4 Å². The van der Waals surface area contributed by atoms with Crippen molar-refractivity contribution in [1.29, 1.82) is 0 Å². The van der Waals surface area contributed by atoms with Crippen molar-refractivity contribution >= 4 is 17.6 Å². The molecule has 0 N–H and O–H groups in total. The lowest BCUT2D eigenvalue weighted by atomic mass is 9.88. The predicted octanol–water partition coefficient (Wildman–Crippen LogP) is 6.75. The normalized spacial score (nSPS) is 11.9. The van der Waals surface area contributed by atoms with Gasteiger partial charge in [0.15, 0.2) is 11.6 Å². The van der Waals surface area contributed by atoms with E-state index in [2.05, 4.69) is 0 Å². The Morgan fingerprint density at radius 3 is 2.34 bits per heavy atom. The molecule has 0 amide bonds. The Bertz CT molecular complexity index is 956. The number of hydrogen-bond donors (Lipinski definition) is 0. The van der Waals surface area contributed by atoms with Crippen LogP contribution in [-0.2, 0) is 16.1 Å². The summed E-state index contributed by atoms with van der Waals surface area (Å²) in [7, 11) is 0. The largest absolute Gasteiger partial charge is 0.460 e. The Morgan fingerprint density at radius 1 is 1.00 bits per heavy atom. The van der Waals surface area contributed by atoms with Crippen LogP contribution in [-0.4, -0.2) is 5.97 Å². The molecule has 0 fully saturated rings. The molecule has 0 saturated carbocycles. The number of carbonyl (C=O) groups is 1. The summed E-state index contributed by atoms with van der Waals surface area (Å²) in [6, 6.07) is 20.6. The fourth-order valence-electron chi connectivity index (χ4n) is 3.04. The lowest BCUT2D eigenvalue weighted by molar-refractivity contribution is -0.148. The topological polar surface area (TPSA) is 35.5 Å². The number of rotatable bonds is 7. The van der Waals surface area contributed by atoms with Gasteiger partial charge in [-0.2, -0.15) is 0 Å². The number of para-hydroxylation sites is 1. The molecule has 1 atom stereocenters. The van der Waals surface area contributed by atoms with Gasteiger partial charge in [0.05, 0.1) is 5.92 Å². The maximum absolute atomic E-state index is 14.1. The summed E-state index contributed by atoms with van der Waals surface area (Å²) in [5, 5.41) is 0.613. The van der Waals surface area contributed by atoms with Crippen molar-refractivity contribution in [2.45, 2.75) is 26.4 Å². The van der Waals surface area contributed by atoms with Crippen molar-refractivity contribution in [3.8, 4) is 11.5 Å². The number of benzene rings is 3. The van der Waals surface area contributed by atoms with Crippen LogP contribution in [0.4, 0.5) is 4.39 Å². The van der Waals surface area contributed by atoms with Crippen molar-refractivity contribution in [1.82, 2.24) is 0 Å². The standard InChI is InChI=1S/C24H22ClFO3/c1-16(2)23(18-9-11-19(25)12-10-18)24(27)28-15-17-8-13-21(26)22(14-17)29-20-6-4-3-5-7-20/h3-14,16,23H,15H2,1-2H3. The third-order valence-electron chi connectivity index (χ3n) is 4.50. The van der Waals surface area contributed by atoms with Crippen molar-refractivity contribution < 1.29 is 18.7 Å². The van der Waals surface area contributed by atoms with Gasteiger partial charge in [0.2, 0.25) is 0 Å². The van der Waals surface area contributed by atoms with Gasteiger partial charge in [0, 0.05) is 5.02 Å². The second-order valence-corrected chi connectivity index (χ2v) is 7.50. The van der Waals surface area contributed by atoms with Crippen LogP contribution in [0.3, 0.4) is 0 Å². The maximum atomic E-state index is 14.1. The summed E-state index contributed by atoms with van der Waals surface area (Å²) >= 11 is 5.94. The van der Waals surface area contributed by atoms with Crippen molar-refractivity contribution in [2.24, 2.45) is 5.92 Å². The zero-order chi connectivity index (χ0) is 20.8. The first kappa shape index (κ1) is 20.9. The SMILES string of the molecule is CC(C)C(C(=O)OCc1ccc(F)c(Oc2ccccc2)c1)c1ccc(Cl)cc1. The van der Waals surface area contributed by atoms with E-state index in [9.17, 15) is 9.18 Å². The fourth-order valence-corrected chi connectivity index (χ4v) is 3.16. The molecular weight excluding hydrogens is 391 g/mol. The monoisotopic (exact) mass is 412 g/mol. The van der Waals surface area contributed by atoms with E-state index in [0.717, 1.165) is 5.56 Å². The Labute approximate surface area is 175 Å². The molecule has 0 aliphatic rings. The first-order valence-electron chi connectivity index (χ1n) is 9.37. The Morgan fingerprint density at radius 2 is 1.69 bits per heavy atom. The molecule has 5 heteroatoms. The highest BCUT2D eigenvalue weighted by atomic mass is 35.5. The van der Waals surface area contributed by atoms with Gasteiger partial charge in [0.25, 0.3) is 0 Å². The molecule has 3 rings (SSSR count). The van der Waals surface area contributed by atoms with Gasteiger partial charge in [-0.15, -0.1) is 0 Å². The van der Waals surface area contributed by atoms with Crippen molar-refractivity contribution in [2.75, 3.05) is 0 Å². The summed E-state index contributed by atoms with van der Waals surface area (Å²) in [5.41, 5.74) is 1.49. The molecule has 150 valence electrons. The van der Waals surface area contributed by atoms with Crippen LogP contribution in [0, 0.1) is 11.7 Å². The first-order valence-corrected chi connectivity index (χ1v) is 9.75. The van der Waals surface area contributed by atoms with Gasteiger partial charge in [-0.3, -0.25) is 4.79 Å². The quantitative estimate of drug-likeness (QED) is 0.402. The molecule has 3 nitrogen and oxygen atoms in total. The molecule has 0 aliphatic heterocycles. The van der Waals surface area contributed by atoms with E-state index in [1.165, 1.54) is 6.07 Å². The maximum Gasteiger partial charge on any atom is 0.314 e. The van der Waals surface area contributed by atoms with Gasteiger partial charge < -0.3 is 9.47 Å². The molecule has 0 bridgehead atoms. The molecule has 3 aromatic carbocycles. The average molecular weight is 413 g/mol. The van der Waals surface area contributed by atoms with Gasteiger partial charge in [-0.05, 0) is 53.4 Å². The van der Waals surface area contributed by atoms with Crippen LogP contribution >= 0.6 is 11.6 Å². The van der Waals surface area contributed by atoms with E-state index in [-0.39, 0.29) is 24.2 Å². The molecule has 0 saturated heterocycles. The second-order valence-electron chi connectivity index (χ2n) is 7.06. The minimum absolute atomic E-state index is 0.0288. The number of ether oxygens (including phenoxy) is 2. The van der Waals surface area contributed by atoms with Crippen molar-refractivity contribution in [3.63, 3.8) is 0 Å². The highest BCUT2D eigenvalue weighted by Gasteiger charge is 2.25. The second kappa shape index (κ2) is 9.57. The fraction of sp³-hybridized carbons (Fsp3) is 0.208. The van der Waals surface area contributed by atoms with E-state index in [4.69, 9.17) is 21.1 Å². The average Bonchev–Trinajstić information content (AvgIpc) is 2.71. The lowest BCUT2D eigenvalue weighted by Crippen LogP contribution is -2.20. The zero-order valence-corrected chi connectivity index (χ0v) is 17.0. The van der Waals surface area contributed by atoms with E-state index < -0.39 is 11.7 Å². The summed E-state index contributed by atoms with van der Waals surface area (Å²) < 4.78 is 25.2. The minimum atomic E-state index is -0.481. The molecule has 0 radical (unpaired) electrons. The summed E-state index contributed by atoms with van der Waals surface area (Å²) in [6.07, 6.45) is 0. The summed E-state index contributed by atoms with van der Waals surface area (Å²) in [4.78, 5) is 12.7. The van der Waals surface area contributed by atoms with Gasteiger partial charge in [-0.25, -0.2) is 4.39 Å². The van der Waals surface area contributed by atoms with Crippen LogP contribution < -0.4 is 4.74 Å². The molecule has 0 heterocycles. The predicted molar refractivity (Wildman–Crippen MR) is 112 cm³/mol. The first-order chi connectivity index (χ1) is 13.9. The molecule has 29 heavy (non-hydrogen) atoms. The van der Waals surface area contributed by atoms with Crippen LogP contribution in [0.1, 0.15) is 30.9 Å². The molecular formula is C24H22ClFO3. The van der Waals surface area contributed by atoms with E-state index in [0.29, 0.717) is 16.3 Å². The Hall–Kier alpha value is -2.85. The van der Waals surface area contributed by atoms with E-state index >= 15 is 0 Å². The number of carbonyl (C=O) groups excluding carboxylic acids is 1. The number of halogens is 2. The molecule has 3 aromatic rings.